The second kappa shape index (κ2) is 5.63. The molecule has 128 valence electrons. The molecule has 2 nitrogen and oxygen atoms in total. The van der Waals surface area contributed by atoms with E-state index in [1.807, 2.05) is 0 Å². The van der Waals surface area contributed by atoms with E-state index in [-0.39, 0.29) is 5.41 Å². The summed E-state index contributed by atoms with van der Waals surface area (Å²) in [5, 5.41) is 22.0. The van der Waals surface area contributed by atoms with Crippen molar-refractivity contribution in [1.82, 2.24) is 0 Å². The van der Waals surface area contributed by atoms with Gasteiger partial charge in [0.15, 0.2) is 0 Å². The Morgan fingerprint density at radius 2 is 1.86 bits per heavy atom. The third-order valence-corrected chi connectivity index (χ3v) is 7.37. The molecule has 0 aliphatic heterocycles. The van der Waals surface area contributed by atoms with Gasteiger partial charge in [0, 0.05) is 0 Å². The van der Waals surface area contributed by atoms with Crippen LogP contribution in [0.4, 0.5) is 0 Å². The van der Waals surface area contributed by atoms with Gasteiger partial charge in [-0.25, -0.2) is 0 Å². The summed E-state index contributed by atoms with van der Waals surface area (Å²) < 4.78 is 0. The van der Waals surface area contributed by atoms with E-state index in [9.17, 15) is 10.2 Å². The fourth-order valence-electron chi connectivity index (χ4n) is 5.65. The third kappa shape index (κ3) is 2.78. The third-order valence-electron chi connectivity index (χ3n) is 7.37. The zero-order valence-corrected chi connectivity index (χ0v) is 15.3. The maximum atomic E-state index is 11.7. The first kappa shape index (κ1) is 18.0. The normalized spacial score (nSPS) is 44.0. The predicted octanol–water partition coefficient (Wildman–Crippen LogP) is 4.70. The molecule has 2 saturated carbocycles. The Labute approximate surface area is 137 Å². The highest BCUT2D eigenvalue weighted by Gasteiger charge is 2.61. The molecule has 0 spiro atoms. The lowest BCUT2D eigenvalue weighted by Gasteiger charge is -2.63. The van der Waals surface area contributed by atoms with Gasteiger partial charge in [-0.05, 0) is 68.1 Å². The molecule has 0 heterocycles. The first-order valence-electron chi connectivity index (χ1n) is 9.07. The van der Waals surface area contributed by atoms with Gasteiger partial charge in [-0.1, -0.05) is 40.2 Å². The molecule has 2 aliphatic carbocycles. The summed E-state index contributed by atoms with van der Waals surface area (Å²) in [7, 11) is 0. The lowest BCUT2D eigenvalue weighted by molar-refractivity contribution is -0.215. The molecule has 2 aliphatic rings. The molecular formula is C20H36O2. The van der Waals surface area contributed by atoms with Crippen molar-refractivity contribution in [3.8, 4) is 0 Å². The molecule has 0 radical (unpaired) electrons. The van der Waals surface area contributed by atoms with Gasteiger partial charge in [0.25, 0.3) is 0 Å². The van der Waals surface area contributed by atoms with Crippen LogP contribution in [0, 0.1) is 22.7 Å². The number of hydrogen-bond donors (Lipinski definition) is 2. The molecule has 2 unspecified atom stereocenters. The molecule has 2 fully saturated rings. The second-order valence-electron chi connectivity index (χ2n) is 9.28. The molecule has 0 amide bonds. The van der Waals surface area contributed by atoms with Crippen LogP contribution in [0.3, 0.4) is 0 Å². The van der Waals surface area contributed by atoms with Crippen molar-refractivity contribution >= 4 is 0 Å². The molecule has 22 heavy (non-hydrogen) atoms. The van der Waals surface area contributed by atoms with Crippen LogP contribution in [0.1, 0.15) is 79.6 Å². The van der Waals surface area contributed by atoms with E-state index in [0.717, 1.165) is 12.8 Å². The van der Waals surface area contributed by atoms with E-state index in [1.165, 1.54) is 19.3 Å². The molecule has 2 rings (SSSR count). The highest BCUT2D eigenvalue weighted by Crippen LogP contribution is 2.63. The van der Waals surface area contributed by atoms with Crippen LogP contribution in [0.25, 0.3) is 0 Å². The van der Waals surface area contributed by atoms with Crippen molar-refractivity contribution in [3.63, 3.8) is 0 Å². The first-order valence-corrected chi connectivity index (χ1v) is 9.07. The lowest BCUT2D eigenvalue weighted by Crippen LogP contribution is -2.62. The van der Waals surface area contributed by atoms with Crippen molar-refractivity contribution in [1.29, 1.82) is 0 Å². The minimum absolute atomic E-state index is 0.0380. The van der Waals surface area contributed by atoms with Gasteiger partial charge in [0.05, 0.1) is 11.2 Å². The molecule has 0 aromatic carbocycles. The van der Waals surface area contributed by atoms with Crippen molar-refractivity contribution < 1.29 is 10.2 Å². The Kier molecular flexibility index (Phi) is 4.61. The summed E-state index contributed by atoms with van der Waals surface area (Å²) in [4.78, 5) is 0. The van der Waals surface area contributed by atoms with Crippen LogP contribution < -0.4 is 0 Å². The molecule has 0 bridgehead atoms. The van der Waals surface area contributed by atoms with E-state index < -0.39 is 11.2 Å². The number of hydrogen-bond acceptors (Lipinski definition) is 2. The second-order valence-corrected chi connectivity index (χ2v) is 9.28. The largest absolute Gasteiger partial charge is 0.389 e. The smallest absolute Gasteiger partial charge is 0.0798 e. The van der Waals surface area contributed by atoms with Gasteiger partial charge < -0.3 is 10.2 Å². The fourth-order valence-corrected chi connectivity index (χ4v) is 5.65. The first-order chi connectivity index (χ1) is 9.98. The summed E-state index contributed by atoms with van der Waals surface area (Å²) in [6.45, 7) is 14.8. The average Bonchev–Trinajstić information content (AvgIpc) is 2.42. The Morgan fingerprint density at radius 3 is 2.45 bits per heavy atom. The van der Waals surface area contributed by atoms with E-state index in [1.54, 1.807) is 13.0 Å². The van der Waals surface area contributed by atoms with Gasteiger partial charge in [-0.15, -0.1) is 6.58 Å². The van der Waals surface area contributed by atoms with Gasteiger partial charge in [-0.3, -0.25) is 0 Å². The zero-order chi connectivity index (χ0) is 16.8. The van der Waals surface area contributed by atoms with Gasteiger partial charge >= 0.3 is 0 Å². The van der Waals surface area contributed by atoms with Crippen molar-refractivity contribution in [2.24, 2.45) is 22.7 Å². The fraction of sp³-hybridized carbons (Fsp3) is 0.900. The van der Waals surface area contributed by atoms with E-state index in [4.69, 9.17) is 0 Å². The molecule has 2 N–H and O–H groups in total. The highest BCUT2D eigenvalue weighted by molar-refractivity contribution is 5.11. The SMILES string of the molecule is C=CC(C)(O)CC[C@@]1(O)[C@H](C)CCC2C(C)(C)CCC[C@@]21C. The highest BCUT2D eigenvalue weighted by atomic mass is 16.3. The minimum atomic E-state index is -0.886. The van der Waals surface area contributed by atoms with E-state index >= 15 is 0 Å². The summed E-state index contributed by atoms with van der Waals surface area (Å²) >= 11 is 0. The topological polar surface area (TPSA) is 40.5 Å². The lowest BCUT2D eigenvalue weighted by atomic mass is 9.44. The Hall–Kier alpha value is -0.340. The Balaban J connectivity index is 2.32. The van der Waals surface area contributed by atoms with Crippen LogP contribution in [0.2, 0.25) is 0 Å². The molecule has 2 heteroatoms. The van der Waals surface area contributed by atoms with E-state index in [0.29, 0.717) is 30.1 Å². The monoisotopic (exact) mass is 308 g/mol. The molecule has 0 saturated heterocycles. The summed E-state index contributed by atoms with van der Waals surface area (Å²) in [6.07, 6.45) is 8.75. The van der Waals surface area contributed by atoms with Crippen molar-refractivity contribution in [2.75, 3.05) is 0 Å². The molecule has 5 atom stereocenters. The number of aliphatic hydroxyl groups is 2. The molecule has 0 aromatic heterocycles. The van der Waals surface area contributed by atoms with Crippen LogP contribution in [-0.4, -0.2) is 21.4 Å². The maximum Gasteiger partial charge on any atom is 0.0798 e. The minimum Gasteiger partial charge on any atom is -0.389 e. The van der Waals surface area contributed by atoms with Crippen LogP contribution >= 0.6 is 0 Å². The van der Waals surface area contributed by atoms with Crippen LogP contribution in [-0.2, 0) is 0 Å². The number of fused-ring (bicyclic) bond motifs is 1. The van der Waals surface area contributed by atoms with E-state index in [2.05, 4.69) is 34.3 Å². The standard InChI is InChI=1S/C20H36O2/c1-7-18(5,21)13-14-20(22)15(2)9-10-16-17(3,4)11-8-12-19(16,20)6/h7,15-16,21-22H,1,8-14H2,2-6H3/t15-,16?,18?,19+,20-/m1/s1. The predicted molar refractivity (Wildman–Crippen MR) is 92.6 cm³/mol. The van der Waals surface area contributed by atoms with Crippen LogP contribution in [0.15, 0.2) is 12.7 Å². The number of rotatable bonds is 4. The summed E-state index contributed by atoms with van der Waals surface area (Å²) in [5.74, 6) is 0.867. The quantitative estimate of drug-likeness (QED) is 0.739. The van der Waals surface area contributed by atoms with Crippen molar-refractivity contribution in [3.05, 3.63) is 12.7 Å². The summed E-state index contributed by atoms with van der Waals surface area (Å²) in [6, 6.07) is 0. The molecular weight excluding hydrogens is 272 g/mol. The van der Waals surface area contributed by atoms with Gasteiger partial charge in [0.2, 0.25) is 0 Å². The molecule has 0 aromatic rings. The van der Waals surface area contributed by atoms with Gasteiger partial charge in [0.1, 0.15) is 0 Å². The van der Waals surface area contributed by atoms with Crippen molar-refractivity contribution in [2.45, 2.75) is 90.8 Å². The zero-order valence-electron chi connectivity index (χ0n) is 15.3. The summed E-state index contributed by atoms with van der Waals surface area (Å²) in [5.41, 5.74) is -1.30. The Morgan fingerprint density at radius 1 is 1.23 bits per heavy atom. The van der Waals surface area contributed by atoms with Crippen LogP contribution in [0.5, 0.6) is 0 Å². The Bertz CT molecular complexity index is 425. The van der Waals surface area contributed by atoms with Gasteiger partial charge in [-0.2, -0.15) is 0 Å². The average molecular weight is 309 g/mol. The maximum absolute atomic E-state index is 11.7.